The van der Waals surface area contributed by atoms with Crippen LogP contribution < -0.4 is 10.6 Å². The van der Waals surface area contributed by atoms with Crippen LogP contribution in [-0.4, -0.2) is 69.9 Å². The Kier molecular flexibility index (Phi) is 7.83. The number of alkyl carbamates (subject to hydrolysis) is 1. The monoisotopic (exact) mass is 533 g/mol. The van der Waals surface area contributed by atoms with Gasteiger partial charge in [0.05, 0.1) is 6.04 Å². The second-order valence-electron chi connectivity index (χ2n) is 13.3. The molecule has 0 bridgehead atoms. The second-order valence-corrected chi connectivity index (χ2v) is 13.3. The van der Waals surface area contributed by atoms with E-state index in [9.17, 15) is 29.1 Å². The number of nitrogens with zero attached hydrogens (tertiary/aromatic N) is 1. The number of piperidine rings is 1. The Hall–Kier alpha value is -2.65. The molecule has 0 aromatic rings. The van der Waals surface area contributed by atoms with Crippen LogP contribution in [-0.2, 0) is 23.9 Å². The fourth-order valence-corrected chi connectivity index (χ4v) is 6.60. The normalized spacial score (nSPS) is 28.0. The minimum Gasteiger partial charge on any atom is -0.475 e. The summed E-state index contributed by atoms with van der Waals surface area (Å²) in [6.07, 6.45) is 6.05. The van der Waals surface area contributed by atoms with Gasteiger partial charge in [-0.3, -0.25) is 14.4 Å². The van der Waals surface area contributed by atoms with E-state index in [1.807, 2.05) is 0 Å². The number of ketones is 1. The smallest absolute Gasteiger partial charge is 0.408 e. The fraction of sp³-hybridized carbons (Fsp3) is 0.821. The van der Waals surface area contributed by atoms with Gasteiger partial charge in [0, 0.05) is 6.54 Å². The summed E-state index contributed by atoms with van der Waals surface area (Å²) >= 11 is 0. The second kappa shape index (κ2) is 10.5. The van der Waals surface area contributed by atoms with Gasteiger partial charge in [-0.2, -0.15) is 0 Å². The van der Waals surface area contributed by atoms with E-state index in [2.05, 4.69) is 24.5 Å². The number of aliphatic carboxylic acids is 1. The summed E-state index contributed by atoms with van der Waals surface area (Å²) < 4.78 is 5.46. The number of nitrogens with one attached hydrogen (secondary N) is 2. The van der Waals surface area contributed by atoms with Crippen LogP contribution in [0.25, 0.3) is 0 Å². The Balaban J connectivity index is 1.55. The highest BCUT2D eigenvalue weighted by molar-refractivity contribution is 6.35. The number of likely N-dealkylation sites (tertiary alicyclic amines) is 1. The zero-order valence-electron chi connectivity index (χ0n) is 23.2. The molecule has 1 aliphatic heterocycles. The van der Waals surface area contributed by atoms with Crippen LogP contribution in [0.3, 0.4) is 0 Å². The van der Waals surface area contributed by atoms with Crippen molar-refractivity contribution < 1.29 is 33.8 Å². The van der Waals surface area contributed by atoms with E-state index in [1.54, 1.807) is 25.7 Å². The summed E-state index contributed by atoms with van der Waals surface area (Å²) in [7, 11) is 0. The molecule has 4 fully saturated rings. The molecule has 0 aromatic carbocycles. The molecular weight excluding hydrogens is 490 g/mol. The zero-order valence-corrected chi connectivity index (χ0v) is 23.2. The molecular formula is C28H43N3O7. The summed E-state index contributed by atoms with van der Waals surface area (Å²) in [6.45, 7) is 9.79. The van der Waals surface area contributed by atoms with E-state index in [4.69, 9.17) is 4.74 Å². The van der Waals surface area contributed by atoms with Gasteiger partial charge in [-0.05, 0) is 69.1 Å². The molecule has 3 amide bonds. The van der Waals surface area contributed by atoms with Crippen LogP contribution in [0.5, 0.6) is 0 Å². The lowest BCUT2D eigenvalue weighted by Crippen LogP contribution is -2.59. The Morgan fingerprint density at radius 3 is 2.18 bits per heavy atom. The Morgan fingerprint density at radius 1 is 1.00 bits per heavy atom. The first-order chi connectivity index (χ1) is 17.7. The van der Waals surface area contributed by atoms with E-state index in [1.165, 1.54) is 0 Å². The van der Waals surface area contributed by atoms with Gasteiger partial charge < -0.3 is 25.4 Å². The first-order valence-electron chi connectivity index (χ1n) is 14.1. The minimum atomic E-state index is -1.57. The van der Waals surface area contributed by atoms with Gasteiger partial charge in [0.1, 0.15) is 17.7 Å². The minimum absolute atomic E-state index is 0.0615. The van der Waals surface area contributed by atoms with Crippen LogP contribution in [0.1, 0.15) is 86.0 Å². The van der Waals surface area contributed by atoms with Crippen molar-refractivity contribution in [2.24, 2.45) is 29.1 Å². The molecule has 3 saturated carbocycles. The topological polar surface area (TPSA) is 142 Å². The average molecular weight is 534 g/mol. The third kappa shape index (κ3) is 6.15. The molecule has 4 aliphatic rings. The van der Waals surface area contributed by atoms with Gasteiger partial charge >= 0.3 is 12.1 Å². The number of hydrogen-bond acceptors (Lipinski definition) is 6. The number of Topliss-reactive ketones (excluding diaryl/α,β-unsaturated/α-hetero) is 1. The number of carboxylic acid groups (broad SMARTS) is 1. The number of hydrogen-bond donors (Lipinski definition) is 3. The highest BCUT2D eigenvalue weighted by atomic mass is 16.6. The number of amides is 3. The Labute approximate surface area is 224 Å². The molecule has 5 atom stereocenters. The predicted molar refractivity (Wildman–Crippen MR) is 138 cm³/mol. The van der Waals surface area contributed by atoms with E-state index in [-0.39, 0.29) is 35.0 Å². The van der Waals surface area contributed by atoms with Crippen LogP contribution in [0, 0.1) is 29.1 Å². The third-order valence-electron chi connectivity index (χ3n) is 8.93. The van der Waals surface area contributed by atoms with E-state index < -0.39 is 47.5 Å². The molecule has 3 N–H and O–H groups in total. The van der Waals surface area contributed by atoms with Crippen molar-refractivity contribution in [1.82, 2.24) is 15.5 Å². The van der Waals surface area contributed by atoms with Crippen molar-refractivity contribution in [1.29, 1.82) is 0 Å². The average Bonchev–Trinajstić information content (AvgIpc) is 3.68. The summed E-state index contributed by atoms with van der Waals surface area (Å²) in [5, 5.41) is 14.8. The van der Waals surface area contributed by atoms with Crippen LogP contribution in [0.4, 0.5) is 4.79 Å². The van der Waals surface area contributed by atoms with Crippen molar-refractivity contribution >= 4 is 29.7 Å². The SMILES string of the molecule is CC(C)(C)OC(=O)NC(C(=O)N1CC2C(C1C(=O)NC(CC1CC1)C(=O)C(=O)O)C2(C)C)C1CCCCC1. The quantitative estimate of drug-likeness (QED) is 0.387. The van der Waals surface area contributed by atoms with Gasteiger partial charge in [0.2, 0.25) is 11.8 Å². The maximum atomic E-state index is 14.1. The van der Waals surface area contributed by atoms with E-state index >= 15 is 0 Å². The third-order valence-corrected chi connectivity index (χ3v) is 8.93. The van der Waals surface area contributed by atoms with E-state index in [0.717, 1.165) is 44.9 Å². The lowest BCUT2D eigenvalue weighted by molar-refractivity contribution is -0.151. The van der Waals surface area contributed by atoms with Crippen molar-refractivity contribution in [3.63, 3.8) is 0 Å². The first kappa shape index (κ1) is 28.4. The number of carboxylic acids is 1. The van der Waals surface area contributed by atoms with Gasteiger partial charge in [-0.15, -0.1) is 0 Å². The number of carbonyl (C=O) groups excluding carboxylic acids is 4. The van der Waals surface area contributed by atoms with Crippen molar-refractivity contribution in [3.8, 4) is 0 Å². The molecule has 5 unspecified atom stereocenters. The van der Waals surface area contributed by atoms with Crippen molar-refractivity contribution in [3.05, 3.63) is 0 Å². The summed E-state index contributed by atoms with van der Waals surface area (Å²) in [6, 6.07) is -2.75. The lowest BCUT2D eigenvalue weighted by Gasteiger charge is -2.37. The number of ether oxygens (including phenoxy) is 1. The van der Waals surface area contributed by atoms with Crippen molar-refractivity contribution in [2.45, 2.75) is 110 Å². The first-order valence-corrected chi connectivity index (χ1v) is 14.1. The molecule has 10 heteroatoms. The maximum absolute atomic E-state index is 14.1. The van der Waals surface area contributed by atoms with Gasteiger partial charge in [-0.1, -0.05) is 46.0 Å². The van der Waals surface area contributed by atoms with Gasteiger partial charge in [-0.25, -0.2) is 9.59 Å². The van der Waals surface area contributed by atoms with Crippen LogP contribution >= 0.6 is 0 Å². The standard InChI is InChI=1S/C28H43N3O7/c1-27(2,3)38-26(37)30-20(16-9-7-6-8-10-16)24(34)31-14-17-19(28(17,4)5)21(31)23(33)29-18(13-15-11-12-15)22(32)25(35)36/h15-21H,6-14H2,1-5H3,(H,29,33)(H,30,37)(H,35,36). The molecule has 3 aliphatic carbocycles. The largest absolute Gasteiger partial charge is 0.475 e. The molecule has 0 aromatic heterocycles. The summed E-state index contributed by atoms with van der Waals surface area (Å²) in [4.78, 5) is 65.9. The molecule has 1 heterocycles. The summed E-state index contributed by atoms with van der Waals surface area (Å²) in [5.74, 6) is -3.21. The van der Waals surface area contributed by atoms with Gasteiger partial charge in [0.25, 0.3) is 5.78 Å². The van der Waals surface area contributed by atoms with Crippen molar-refractivity contribution in [2.75, 3.05) is 6.54 Å². The van der Waals surface area contributed by atoms with Crippen LogP contribution in [0.15, 0.2) is 0 Å². The fourth-order valence-electron chi connectivity index (χ4n) is 6.60. The Morgan fingerprint density at radius 2 is 1.63 bits per heavy atom. The molecule has 4 rings (SSSR count). The lowest BCUT2D eigenvalue weighted by atomic mass is 9.83. The van der Waals surface area contributed by atoms with Gasteiger partial charge in [0.15, 0.2) is 0 Å². The highest BCUT2D eigenvalue weighted by Crippen LogP contribution is 2.65. The van der Waals surface area contributed by atoms with E-state index in [0.29, 0.717) is 13.0 Å². The number of carbonyl (C=O) groups is 5. The molecule has 0 spiro atoms. The highest BCUT2D eigenvalue weighted by Gasteiger charge is 2.69. The molecule has 38 heavy (non-hydrogen) atoms. The number of rotatable bonds is 9. The molecule has 0 radical (unpaired) electrons. The molecule has 10 nitrogen and oxygen atoms in total. The zero-order chi connectivity index (χ0) is 28.0. The number of fused-ring (bicyclic) bond motifs is 1. The maximum Gasteiger partial charge on any atom is 0.408 e. The van der Waals surface area contributed by atoms with Crippen LogP contribution in [0.2, 0.25) is 0 Å². The Bertz CT molecular complexity index is 977. The summed E-state index contributed by atoms with van der Waals surface area (Å²) in [5.41, 5.74) is -0.875. The molecule has 212 valence electrons. The molecule has 1 saturated heterocycles. The predicted octanol–water partition coefficient (Wildman–Crippen LogP) is 2.88.